The van der Waals surface area contributed by atoms with Crippen LogP contribution in [0.5, 0.6) is 0 Å². The Hall–Kier alpha value is -4.32. The molecule has 46 heavy (non-hydrogen) atoms. The van der Waals surface area contributed by atoms with Gasteiger partial charge in [0, 0.05) is 49.2 Å². The van der Waals surface area contributed by atoms with Crippen molar-refractivity contribution in [3.63, 3.8) is 0 Å². The van der Waals surface area contributed by atoms with Crippen LogP contribution in [-0.2, 0) is 26.2 Å². The zero-order valence-corrected chi connectivity index (χ0v) is 28.7. The molecule has 0 N–H and O–H groups in total. The van der Waals surface area contributed by atoms with Gasteiger partial charge in [0.05, 0.1) is 29.0 Å². The zero-order valence-electron chi connectivity index (χ0n) is 26.9. The SMILES string of the molecule is C=C(C)c1c(C(=O)OC)c(-c2ccc(C)cc2F)n(COCC[Si](C)(C)C)c1-c1ccnc2c1ccn2S(=O)(=O)c1ccccc1. The lowest BCUT2D eigenvalue weighted by molar-refractivity contribution is 0.0600. The quantitative estimate of drug-likeness (QED) is 0.0811. The van der Waals surface area contributed by atoms with Crippen LogP contribution in [0.25, 0.3) is 39.1 Å². The van der Waals surface area contributed by atoms with Gasteiger partial charge in [0.1, 0.15) is 12.5 Å². The van der Waals surface area contributed by atoms with Crippen molar-refractivity contribution in [2.75, 3.05) is 13.7 Å². The molecule has 0 unspecified atom stereocenters. The number of hydrogen-bond acceptors (Lipinski definition) is 6. The fraction of sp³-hybridized carbons (Fsp3) is 0.257. The number of benzene rings is 2. The van der Waals surface area contributed by atoms with E-state index < -0.39 is 29.9 Å². The molecule has 5 aromatic rings. The zero-order chi connectivity index (χ0) is 33.4. The Morgan fingerprint density at radius 3 is 2.33 bits per heavy atom. The van der Waals surface area contributed by atoms with Crippen molar-refractivity contribution in [3.05, 3.63) is 102 Å². The Morgan fingerprint density at radius 1 is 1.00 bits per heavy atom. The van der Waals surface area contributed by atoms with Crippen molar-refractivity contribution >= 4 is 40.7 Å². The molecule has 0 atom stereocenters. The molecular formula is C35H38FN3O5SSi. The van der Waals surface area contributed by atoms with Crippen molar-refractivity contribution in [2.45, 2.75) is 51.2 Å². The molecule has 0 amide bonds. The molecule has 0 radical (unpaired) electrons. The maximum atomic E-state index is 15.8. The largest absolute Gasteiger partial charge is 0.465 e. The lowest BCUT2D eigenvalue weighted by Crippen LogP contribution is -2.22. The Bertz CT molecular complexity index is 2060. The fourth-order valence-corrected chi connectivity index (χ4v) is 7.57. The summed E-state index contributed by atoms with van der Waals surface area (Å²) in [5, 5.41) is 0.512. The van der Waals surface area contributed by atoms with Crippen LogP contribution in [0.2, 0.25) is 25.7 Å². The monoisotopic (exact) mass is 659 g/mol. The number of nitrogens with zero attached hydrogens (tertiary/aromatic N) is 3. The summed E-state index contributed by atoms with van der Waals surface area (Å²) in [5.41, 5.74) is 3.61. The van der Waals surface area contributed by atoms with E-state index in [-0.39, 0.29) is 34.1 Å². The topological polar surface area (TPSA) is 92.4 Å². The molecule has 0 aliphatic carbocycles. The Kier molecular flexibility index (Phi) is 9.21. The summed E-state index contributed by atoms with van der Waals surface area (Å²) in [6.45, 7) is 15.0. The van der Waals surface area contributed by atoms with E-state index in [0.29, 0.717) is 34.4 Å². The van der Waals surface area contributed by atoms with E-state index in [1.54, 1.807) is 60.9 Å². The average molecular weight is 660 g/mol. The van der Waals surface area contributed by atoms with Crippen molar-refractivity contribution in [3.8, 4) is 22.5 Å². The third kappa shape index (κ3) is 6.22. The number of fused-ring (bicyclic) bond motifs is 1. The summed E-state index contributed by atoms with van der Waals surface area (Å²) in [6.07, 6.45) is 2.98. The molecule has 0 saturated carbocycles. The average Bonchev–Trinajstić information content (AvgIpc) is 3.59. The van der Waals surface area contributed by atoms with E-state index in [2.05, 4.69) is 31.2 Å². The normalized spacial score (nSPS) is 12.1. The molecule has 3 heterocycles. The first kappa shape index (κ1) is 33.1. The predicted molar refractivity (Wildman–Crippen MR) is 182 cm³/mol. The number of aryl methyl sites for hydroxylation is 1. The molecule has 5 rings (SSSR count). The van der Waals surface area contributed by atoms with Gasteiger partial charge in [0.2, 0.25) is 0 Å². The van der Waals surface area contributed by atoms with Gasteiger partial charge in [-0.15, -0.1) is 0 Å². The molecule has 0 fully saturated rings. The predicted octanol–water partition coefficient (Wildman–Crippen LogP) is 7.99. The number of halogens is 1. The highest BCUT2D eigenvalue weighted by Crippen LogP contribution is 2.44. The number of aromatic nitrogens is 3. The Balaban J connectivity index is 1.84. The lowest BCUT2D eigenvalue weighted by Gasteiger charge is -2.19. The van der Waals surface area contributed by atoms with Crippen molar-refractivity contribution < 1.29 is 27.1 Å². The number of hydrogen-bond donors (Lipinski definition) is 0. The summed E-state index contributed by atoms with van der Waals surface area (Å²) in [4.78, 5) is 18.2. The third-order valence-electron chi connectivity index (χ3n) is 7.79. The number of rotatable bonds is 11. The number of allylic oxidation sites excluding steroid dienone is 1. The summed E-state index contributed by atoms with van der Waals surface area (Å²) >= 11 is 0. The molecule has 11 heteroatoms. The van der Waals surface area contributed by atoms with Crippen molar-refractivity contribution in [2.24, 2.45) is 0 Å². The molecule has 0 spiro atoms. The Morgan fingerprint density at radius 2 is 1.70 bits per heavy atom. The van der Waals surface area contributed by atoms with Crippen molar-refractivity contribution in [1.29, 1.82) is 0 Å². The van der Waals surface area contributed by atoms with Gasteiger partial charge < -0.3 is 14.0 Å². The van der Waals surface area contributed by atoms with Gasteiger partial charge in [0.25, 0.3) is 10.0 Å². The number of methoxy groups -OCH3 is 1. The molecule has 8 nitrogen and oxygen atoms in total. The van der Waals surface area contributed by atoms with E-state index in [0.717, 1.165) is 15.6 Å². The van der Waals surface area contributed by atoms with Gasteiger partial charge in [0.15, 0.2) is 5.65 Å². The molecule has 3 aromatic heterocycles. The van der Waals surface area contributed by atoms with Gasteiger partial charge in [-0.2, -0.15) is 0 Å². The Labute approximate surface area is 270 Å². The van der Waals surface area contributed by atoms with Crippen molar-refractivity contribution in [1.82, 2.24) is 13.5 Å². The van der Waals surface area contributed by atoms with Gasteiger partial charge in [-0.25, -0.2) is 26.6 Å². The highest BCUT2D eigenvalue weighted by atomic mass is 32.2. The van der Waals surface area contributed by atoms with E-state index in [1.807, 2.05) is 0 Å². The van der Waals surface area contributed by atoms with Gasteiger partial charge in [-0.3, -0.25) is 0 Å². The maximum Gasteiger partial charge on any atom is 0.340 e. The number of carbonyl (C=O) groups is 1. The van der Waals surface area contributed by atoms with E-state index in [9.17, 15) is 13.2 Å². The van der Waals surface area contributed by atoms with Crippen LogP contribution in [-0.4, -0.2) is 49.7 Å². The summed E-state index contributed by atoms with van der Waals surface area (Å²) < 4.78 is 57.6. The second-order valence-electron chi connectivity index (χ2n) is 12.5. The second-order valence-corrected chi connectivity index (χ2v) is 19.9. The molecule has 0 aliphatic rings. The van der Waals surface area contributed by atoms with E-state index in [4.69, 9.17) is 9.47 Å². The smallest absolute Gasteiger partial charge is 0.340 e. The minimum atomic E-state index is -3.98. The van der Waals surface area contributed by atoms with Crippen LogP contribution < -0.4 is 0 Å². The first-order valence-electron chi connectivity index (χ1n) is 14.9. The van der Waals surface area contributed by atoms with Crippen LogP contribution >= 0.6 is 0 Å². The first-order chi connectivity index (χ1) is 21.8. The standard InChI is InChI=1S/C35H38FN3O5SSi/c1-23(2)30-31(35(40)43-4)33(28-14-13-24(3)21-29(28)36)38(22-44-19-20-46(5,6)7)32(30)26-15-17-37-34-27(26)16-18-39(34)45(41,42)25-11-9-8-10-12-25/h8-18,21H,1,19-20,22H2,2-7H3. The van der Waals surface area contributed by atoms with Crippen LogP contribution in [0.4, 0.5) is 4.39 Å². The van der Waals surface area contributed by atoms with E-state index in [1.165, 1.54) is 37.7 Å². The van der Waals surface area contributed by atoms with Crippen LogP contribution in [0.1, 0.15) is 28.4 Å². The highest BCUT2D eigenvalue weighted by molar-refractivity contribution is 7.90. The van der Waals surface area contributed by atoms with Gasteiger partial charge in [-0.1, -0.05) is 50.5 Å². The van der Waals surface area contributed by atoms with Crippen LogP contribution in [0, 0.1) is 12.7 Å². The first-order valence-corrected chi connectivity index (χ1v) is 20.0. The fourth-order valence-electron chi connectivity index (χ4n) is 5.49. The molecule has 0 aliphatic heterocycles. The lowest BCUT2D eigenvalue weighted by atomic mass is 9.96. The number of ether oxygens (including phenoxy) is 2. The maximum absolute atomic E-state index is 15.8. The van der Waals surface area contributed by atoms with Gasteiger partial charge in [-0.05, 0) is 67.4 Å². The minimum Gasteiger partial charge on any atom is -0.465 e. The summed E-state index contributed by atoms with van der Waals surface area (Å²) in [5.74, 6) is -1.17. The van der Waals surface area contributed by atoms with Crippen LogP contribution in [0.15, 0.2) is 84.5 Å². The number of carbonyl (C=O) groups excluding carboxylic acids is 1. The molecule has 0 saturated heterocycles. The molecule has 2 aromatic carbocycles. The highest BCUT2D eigenvalue weighted by Gasteiger charge is 2.33. The summed E-state index contributed by atoms with van der Waals surface area (Å²) in [6, 6.07) is 17.3. The second kappa shape index (κ2) is 12.8. The minimum absolute atomic E-state index is 0.00736. The molecular weight excluding hydrogens is 622 g/mol. The molecule has 240 valence electrons. The number of esters is 1. The molecule has 0 bridgehead atoms. The van der Waals surface area contributed by atoms with Gasteiger partial charge >= 0.3 is 5.97 Å². The third-order valence-corrected chi connectivity index (χ3v) is 11.2. The van der Waals surface area contributed by atoms with E-state index >= 15 is 4.39 Å². The number of pyridine rings is 1. The van der Waals surface area contributed by atoms with Crippen LogP contribution in [0.3, 0.4) is 0 Å². The summed E-state index contributed by atoms with van der Waals surface area (Å²) in [7, 11) is -4.14.